The van der Waals surface area contributed by atoms with Crippen LogP contribution in [0.2, 0.25) is 18.1 Å². The summed E-state index contributed by atoms with van der Waals surface area (Å²) in [5.74, 6) is -3.11. The third-order valence-electron chi connectivity index (χ3n) is 8.30. The first-order chi connectivity index (χ1) is 20.9. The van der Waals surface area contributed by atoms with Crippen LogP contribution in [0.25, 0.3) is 0 Å². The fourth-order valence-electron chi connectivity index (χ4n) is 5.09. The first kappa shape index (κ1) is 36.4. The zero-order chi connectivity index (χ0) is 33.6. The lowest BCUT2D eigenvalue weighted by Gasteiger charge is -2.44. The largest absolute Gasteiger partial charge is 0.461 e. The van der Waals surface area contributed by atoms with Crippen LogP contribution in [0.4, 0.5) is 13.6 Å². The smallest absolute Gasteiger partial charge is 0.410 e. The molecular weight excluding hydrogens is 596 g/mol. The Morgan fingerprint density at radius 1 is 1.02 bits per heavy atom. The Bertz CT molecular complexity index is 1290. The molecule has 3 rings (SSSR count). The van der Waals surface area contributed by atoms with Gasteiger partial charge in [0.05, 0.1) is 37.3 Å². The van der Waals surface area contributed by atoms with E-state index in [1.165, 1.54) is 12.1 Å². The lowest BCUT2D eigenvalue weighted by molar-refractivity contribution is -0.155. The minimum Gasteiger partial charge on any atom is -0.461 e. The first-order valence-corrected chi connectivity index (χ1v) is 18.4. The summed E-state index contributed by atoms with van der Waals surface area (Å²) in [6.45, 7) is 20.0. The third kappa shape index (κ3) is 10.5. The molecule has 1 saturated heterocycles. The van der Waals surface area contributed by atoms with Gasteiger partial charge in [-0.05, 0) is 75.0 Å². The van der Waals surface area contributed by atoms with Crippen LogP contribution in [-0.2, 0) is 36.5 Å². The number of benzene rings is 2. The van der Waals surface area contributed by atoms with E-state index in [9.17, 15) is 18.4 Å². The predicted octanol–water partition coefficient (Wildman–Crippen LogP) is 7.84. The number of rotatable bonds is 12. The number of likely N-dealkylation sites (tertiary alicyclic amines) is 1. The maximum absolute atomic E-state index is 14.4. The Hall–Kier alpha value is -3.08. The summed E-state index contributed by atoms with van der Waals surface area (Å²) in [6, 6.07) is 11.8. The van der Waals surface area contributed by atoms with E-state index in [4.69, 9.17) is 18.6 Å². The van der Waals surface area contributed by atoms with Crippen LogP contribution in [0.15, 0.2) is 61.2 Å². The van der Waals surface area contributed by atoms with E-state index < -0.39 is 55.7 Å². The van der Waals surface area contributed by atoms with Crippen molar-refractivity contribution >= 4 is 20.4 Å². The molecule has 1 amide bonds. The van der Waals surface area contributed by atoms with Gasteiger partial charge in [0.25, 0.3) is 0 Å². The number of carbonyl (C=O) groups is 2. The van der Waals surface area contributed by atoms with Crippen LogP contribution in [0, 0.1) is 17.6 Å². The lowest BCUT2D eigenvalue weighted by Crippen LogP contribution is -2.56. The van der Waals surface area contributed by atoms with Gasteiger partial charge >= 0.3 is 12.1 Å². The van der Waals surface area contributed by atoms with Crippen molar-refractivity contribution < 1.29 is 37.0 Å². The molecule has 0 bridgehead atoms. The normalized spacial score (nSPS) is 18.8. The fourth-order valence-corrected chi connectivity index (χ4v) is 6.45. The fraction of sp³-hybridized carbons (Fsp3) is 0.543. The topological polar surface area (TPSA) is 74.3 Å². The number of amides is 1. The first-order valence-electron chi connectivity index (χ1n) is 15.5. The van der Waals surface area contributed by atoms with Crippen molar-refractivity contribution in [3.63, 3.8) is 0 Å². The molecule has 1 heterocycles. The van der Waals surface area contributed by atoms with Crippen LogP contribution in [0.5, 0.6) is 0 Å². The number of hydrogen-bond donors (Lipinski definition) is 0. The summed E-state index contributed by atoms with van der Waals surface area (Å²) < 4.78 is 53.5. The summed E-state index contributed by atoms with van der Waals surface area (Å²) in [5, 5.41) is -0.261. The molecule has 0 aliphatic carbocycles. The molecule has 0 spiro atoms. The number of esters is 1. The molecule has 1 fully saturated rings. The van der Waals surface area contributed by atoms with Gasteiger partial charge in [-0.1, -0.05) is 57.2 Å². The van der Waals surface area contributed by atoms with Crippen LogP contribution in [0.1, 0.15) is 59.1 Å². The quantitative estimate of drug-likeness (QED) is 0.133. The van der Waals surface area contributed by atoms with Gasteiger partial charge < -0.3 is 18.6 Å². The molecule has 2 aromatic carbocycles. The van der Waals surface area contributed by atoms with Gasteiger partial charge in [-0.15, -0.1) is 6.58 Å². The van der Waals surface area contributed by atoms with E-state index in [1.54, 1.807) is 31.7 Å². The Morgan fingerprint density at radius 3 is 2.20 bits per heavy atom. The number of carbonyl (C=O) groups excluding carboxylic acids is 2. The zero-order valence-corrected chi connectivity index (χ0v) is 28.9. The summed E-state index contributed by atoms with van der Waals surface area (Å²) in [7, 11) is -2.62. The molecule has 1 aliphatic rings. The van der Waals surface area contributed by atoms with Gasteiger partial charge in [-0.2, -0.15) is 0 Å². The second kappa shape index (κ2) is 15.0. The maximum Gasteiger partial charge on any atom is 0.410 e. The van der Waals surface area contributed by atoms with Crippen LogP contribution in [0.3, 0.4) is 0 Å². The van der Waals surface area contributed by atoms with E-state index in [0.29, 0.717) is 6.42 Å². The molecule has 2 aromatic rings. The SMILES string of the molecule is C=CCO[C@@H]1C[C@H]([C@@H](O[Si](C)(C)C(C)(C)C)[C@H](Cc2cc(F)cc(F)c2)C(=O)OCc2ccccc2)N(C(=O)OC(C)(C)C)C1. The third-order valence-corrected chi connectivity index (χ3v) is 12.8. The Labute approximate surface area is 268 Å². The number of hydrogen-bond acceptors (Lipinski definition) is 6. The molecule has 248 valence electrons. The predicted molar refractivity (Wildman–Crippen MR) is 173 cm³/mol. The van der Waals surface area contributed by atoms with Crippen LogP contribution >= 0.6 is 0 Å². The highest BCUT2D eigenvalue weighted by molar-refractivity contribution is 6.74. The maximum atomic E-state index is 14.4. The Morgan fingerprint density at radius 2 is 1.64 bits per heavy atom. The second-order valence-corrected chi connectivity index (χ2v) is 19.0. The number of ether oxygens (including phenoxy) is 3. The van der Waals surface area contributed by atoms with E-state index in [2.05, 4.69) is 40.4 Å². The summed E-state index contributed by atoms with van der Waals surface area (Å²) in [6.07, 6.45) is 0.0835. The second-order valence-electron chi connectivity index (χ2n) is 14.2. The van der Waals surface area contributed by atoms with Crippen molar-refractivity contribution in [3.8, 4) is 0 Å². The average Bonchev–Trinajstić information content (AvgIpc) is 3.35. The van der Waals surface area contributed by atoms with Gasteiger partial charge in [0.15, 0.2) is 8.32 Å². The summed E-state index contributed by atoms with van der Waals surface area (Å²) >= 11 is 0. The van der Waals surface area contributed by atoms with Crippen molar-refractivity contribution in [2.24, 2.45) is 5.92 Å². The standard InChI is InChI=1S/C35H49F2NO6Si/c1-10-16-41-28-21-30(38(22-28)33(40)43-34(2,3)4)31(44-45(8,9)35(5,6)7)29(19-25-17-26(36)20-27(37)18-25)32(39)42-23-24-14-12-11-13-15-24/h10-15,17-18,20,28-31H,1,16,19,21-23H2,2-9H3/t28-,29+,30-,31+/m1/s1. The minimum absolute atomic E-state index is 0.00597. The minimum atomic E-state index is -2.62. The molecule has 45 heavy (non-hydrogen) atoms. The molecule has 0 N–H and O–H groups in total. The Balaban J connectivity index is 2.13. The van der Waals surface area contributed by atoms with Gasteiger partial charge in [-0.25, -0.2) is 13.6 Å². The summed E-state index contributed by atoms with van der Waals surface area (Å²) in [5.41, 5.74) is 0.293. The molecule has 0 saturated carbocycles. The zero-order valence-electron chi connectivity index (χ0n) is 27.9. The highest BCUT2D eigenvalue weighted by Crippen LogP contribution is 2.41. The number of nitrogens with zero attached hydrogens (tertiary/aromatic N) is 1. The molecule has 0 aromatic heterocycles. The van der Waals surface area contributed by atoms with E-state index in [1.807, 2.05) is 30.3 Å². The van der Waals surface area contributed by atoms with Crippen molar-refractivity contribution in [1.29, 1.82) is 0 Å². The van der Waals surface area contributed by atoms with Crippen molar-refractivity contribution in [2.75, 3.05) is 13.2 Å². The molecule has 0 radical (unpaired) electrons. The molecular formula is C35H49F2NO6Si. The van der Waals surface area contributed by atoms with Gasteiger partial charge in [0, 0.05) is 6.07 Å². The molecule has 7 nitrogen and oxygen atoms in total. The van der Waals surface area contributed by atoms with Crippen molar-refractivity contribution in [2.45, 2.75) is 103 Å². The van der Waals surface area contributed by atoms with E-state index in [-0.39, 0.29) is 42.9 Å². The highest BCUT2D eigenvalue weighted by atomic mass is 28.4. The van der Waals surface area contributed by atoms with Gasteiger partial charge in [0.1, 0.15) is 23.8 Å². The van der Waals surface area contributed by atoms with Crippen LogP contribution < -0.4 is 0 Å². The van der Waals surface area contributed by atoms with E-state index in [0.717, 1.165) is 11.6 Å². The molecule has 1 aliphatic heterocycles. The van der Waals surface area contributed by atoms with Gasteiger partial charge in [-0.3, -0.25) is 9.69 Å². The average molecular weight is 646 g/mol. The number of halogens is 2. The van der Waals surface area contributed by atoms with Crippen LogP contribution in [-0.4, -0.2) is 62.3 Å². The van der Waals surface area contributed by atoms with E-state index >= 15 is 0 Å². The Kier molecular flexibility index (Phi) is 12.1. The van der Waals surface area contributed by atoms with Gasteiger partial charge in [0.2, 0.25) is 0 Å². The molecule has 0 unspecified atom stereocenters. The van der Waals surface area contributed by atoms with Crippen molar-refractivity contribution in [1.82, 2.24) is 4.90 Å². The van der Waals surface area contributed by atoms with Crippen molar-refractivity contribution in [3.05, 3.63) is 83.9 Å². The highest BCUT2D eigenvalue weighted by Gasteiger charge is 2.51. The monoisotopic (exact) mass is 645 g/mol. The molecule has 10 heteroatoms. The summed E-state index contributed by atoms with van der Waals surface area (Å²) in [4.78, 5) is 29.4. The molecule has 4 atom stereocenters. The lowest BCUT2D eigenvalue weighted by atomic mass is 9.88.